The average Bonchev–Trinajstić information content (AvgIpc) is 2.79. The molecule has 0 bridgehead atoms. The summed E-state index contributed by atoms with van der Waals surface area (Å²) in [6.07, 6.45) is 3.17. The molecule has 27 heavy (non-hydrogen) atoms. The minimum Gasteiger partial charge on any atom is -0.322 e. The molecule has 1 aliphatic rings. The Morgan fingerprint density at radius 3 is 2.56 bits per heavy atom. The molecule has 0 radical (unpaired) electrons. The number of amides is 2. The van der Waals surface area contributed by atoms with Crippen LogP contribution in [0.15, 0.2) is 76.8 Å². The molecule has 0 fully saturated rings. The second-order valence-electron chi connectivity index (χ2n) is 6.00. The molecule has 134 valence electrons. The lowest BCUT2D eigenvalue weighted by molar-refractivity contribution is 0.0987. The summed E-state index contributed by atoms with van der Waals surface area (Å²) in [7, 11) is 0.105. The maximum atomic E-state index is 13.0. The average molecular weight is 377 g/mol. The van der Waals surface area contributed by atoms with Crippen LogP contribution in [0.25, 0.3) is 0 Å². The minimum atomic E-state index is -1.51. The minimum absolute atomic E-state index is 0.260. The van der Waals surface area contributed by atoms with Crippen molar-refractivity contribution in [3.63, 3.8) is 0 Å². The molecule has 2 aromatic carbocycles. The van der Waals surface area contributed by atoms with E-state index in [1.54, 1.807) is 74.0 Å². The zero-order valence-electron chi connectivity index (χ0n) is 14.4. The van der Waals surface area contributed by atoms with Crippen LogP contribution in [0.5, 0.6) is 0 Å². The maximum absolute atomic E-state index is 13.0. The summed E-state index contributed by atoms with van der Waals surface area (Å²) in [4.78, 5) is 31.7. The van der Waals surface area contributed by atoms with Crippen LogP contribution >= 0.6 is 0 Å². The fourth-order valence-electron chi connectivity index (χ4n) is 2.93. The molecule has 0 saturated carbocycles. The lowest BCUT2D eigenvalue weighted by atomic mass is 10.1. The molecular formula is C20H15N3O3S. The number of pyridine rings is 1. The van der Waals surface area contributed by atoms with Crippen LogP contribution in [0.2, 0.25) is 0 Å². The topological polar surface area (TPSA) is 79.4 Å². The van der Waals surface area contributed by atoms with Gasteiger partial charge in [0.25, 0.3) is 11.8 Å². The van der Waals surface area contributed by atoms with Crippen LogP contribution in [0, 0.1) is 0 Å². The van der Waals surface area contributed by atoms with E-state index < -0.39 is 10.8 Å². The fraction of sp³-hybridized carbons (Fsp3) is 0.0500. The number of rotatable bonds is 2. The zero-order valence-corrected chi connectivity index (χ0v) is 15.2. The second-order valence-corrected chi connectivity index (χ2v) is 7.42. The largest absolute Gasteiger partial charge is 0.322 e. The molecule has 7 heteroatoms. The van der Waals surface area contributed by atoms with Gasteiger partial charge >= 0.3 is 0 Å². The quantitative estimate of drug-likeness (QED) is 0.744. The first-order valence-electron chi connectivity index (χ1n) is 8.20. The summed E-state index contributed by atoms with van der Waals surface area (Å²) < 4.78 is 13.0. The van der Waals surface area contributed by atoms with E-state index >= 15 is 0 Å². The molecule has 0 aliphatic carbocycles. The molecule has 2 amide bonds. The van der Waals surface area contributed by atoms with Crippen LogP contribution in [0.4, 0.5) is 11.4 Å². The van der Waals surface area contributed by atoms with Gasteiger partial charge in [0.15, 0.2) is 0 Å². The molecular weight excluding hydrogens is 362 g/mol. The summed E-state index contributed by atoms with van der Waals surface area (Å²) in [6, 6.07) is 15.1. The first kappa shape index (κ1) is 17.1. The van der Waals surface area contributed by atoms with Gasteiger partial charge in [0.05, 0.1) is 31.8 Å². The number of carbonyl (C=O) groups excluding carboxylic acids is 2. The Bertz CT molecular complexity index is 1080. The van der Waals surface area contributed by atoms with Crippen molar-refractivity contribution in [3.05, 3.63) is 78.1 Å². The monoisotopic (exact) mass is 377 g/mol. The van der Waals surface area contributed by atoms with Crippen molar-refractivity contribution in [1.29, 1.82) is 0 Å². The molecule has 1 aliphatic heterocycles. The Kier molecular flexibility index (Phi) is 4.29. The van der Waals surface area contributed by atoms with Gasteiger partial charge in [-0.2, -0.15) is 0 Å². The molecule has 2 heterocycles. The van der Waals surface area contributed by atoms with Crippen LogP contribution in [0.3, 0.4) is 0 Å². The van der Waals surface area contributed by atoms with E-state index in [1.807, 2.05) is 0 Å². The predicted octanol–water partition coefficient (Wildman–Crippen LogP) is 3.09. The fourth-order valence-corrected chi connectivity index (χ4v) is 4.30. The van der Waals surface area contributed by atoms with Crippen molar-refractivity contribution >= 4 is 34.0 Å². The van der Waals surface area contributed by atoms with Crippen LogP contribution in [0.1, 0.15) is 20.7 Å². The molecule has 1 atom stereocenters. The van der Waals surface area contributed by atoms with Gasteiger partial charge in [-0.15, -0.1) is 0 Å². The summed E-state index contributed by atoms with van der Waals surface area (Å²) >= 11 is 0. The van der Waals surface area contributed by atoms with Crippen LogP contribution in [-0.4, -0.2) is 28.1 Å². The maximum Gasteiger partial charge on any atom is 0.259 e. The standard InChI is InChI=1S/C20H15N3O3S/c1-23-16-12-13(19(24)22-14-8-10-21-11-9-14)6-7-18(16)27(26)17-5-3-2-4-15(17)20(23)25/h2-12H,1H3,(H,21,22,24). The summed E-state index contributed by atoms with van der Waals surface area (Å²) in [6.45, 7) is 0. The highest BCUT2D eigenvalue weighted by Crippen LogP contribution is 2.34. The van der Waals surface area contributed by atoms with Gasteiger partial charge in [-0.05, 0) is 42.5 Å². The Balaban J connectivity index is 1.75. The number of nitrogens with one attached hydrogen (secondary N) is 1. The van der Waals surface area contributed by atoms with E-state index in [0.717, 1.165) is 0 Å². The molecule has 1 aromatic heterocycles. The number of hydrogen-bond donors (Lipinski definition) is 1. The molecule has 6 nitrogen and oxygen atoms in total. The Labute approximate surface area is 158 Å². The molecule has 0 saturated heterocycles. The van der Waals surface area contributed by atoms with Gasteiger partial charge in [0.1, 0.15) is 0 Å². The number of fused-ring (bicyclic) bond motifs is 2. The lowest BCUT2D eigenvalue weighted by Crippen LogP contribution is -2.26. The first-order chi connectivity index (χ1) is 13.1. The zero-order chi connectivity index (χ0) is 19.0. The highest BCUT2D eigenvalue weighted by Gasteiger charge is 2.29. The summed E-state index contributed by atoms with van der Waals surface area (Å²) in [5, 5.41) is 2.78. The van der Waals surface area contributed by atoms with Crippen LogP contribution < -0.4 is 10.2 Å². The van der Waals surface area contributed by atoms with Crippen molar-refractivity contribution in [2.45, 2.75) is 9.79 Å². The molecule has 0 spiro atoms. The SMILES string of the molecule is CN1C(=O)c2ccccc2S(=O)c2ccc(C(=O)Nc3ccncc3)cc21. The third-order valence-electron chi connectivity index (χ3n) is 4.34. The Morgan fingerprint density at radius 2 is 1.78 bits per heavy atom. The third-order valence-corrected chi connectivity index (χ3v) is 5.84. The Morgan fingerprint density at radius 1 is 1.04 bits per heavy atom. The van der Waals surface area contributed by atoms with E-state index in [1.165, 1.54) is 4.90 Å². The highest BCUT2D eigenvalue weighted by atomic mass is 32.2. The van der Waals surface area contributed by atoms with Crippen molar-refractivity contribution < 1.29 is 13.8 Å². The van der Waals surface area contributed by atoms with E-state index in [4.69, 9.17) is 0 Å². The van der Waals surface area contributed by atoms with E-state index in [9.17, 15) is 13.8 Å². The smallest absolute Gasteiger partial charge is 0.259 e. The highest BCUT2D eigenvalue weighted by molar-refractivity contribution is 7.85. The number of benzene rings is 2. The Hall–Kier alpha value is -3.32. The molecule has 1 N–H and O–H groups in total. The van der Waals surface area contributed by atoms with Gasteiger partial charge in [-0.1, -0.05) is 12.1 Å². The number of anilines is 2. The number of hydrogen-bond acceptors (Lipinski definition) is 4. The van der Waals surface area contributed by atoms with Gasteiger partial charge < -0.3 is 10.2 Å². The van der Waals surface area contributed by atoms with E-state index in [-0.39, 0.29) is 11.8 Å². The van der Waals surface area contributed by atoms with Crippen molar-refractivity contribution in [2.75, 3.05) is 17.3 Å². The van der Waals surface area contributed by atoms with E-state index in [2.05, 4.69) is 10.3 Å². The normalized spacial score (nSPS) is 15.5. The van der Waals surface area contributed by atoms with Gasteiger partial charge in [-0.25, -0.2) is 4.21 Å². The summed E-state index contributed by atoms with van der Waals surface area (Å²) in [5.74, 6) is -0.582. The number of aromatic nitrogens is 1. The van der Waals surface area contributed by atoms with Gasteiger partial charge in [0, 0.05) is 30.7 Å². The summed E-state index contributed by atoms with van der Waals surface area (Å²) in [5.41, 5.74) is 1.84. The first-order valence-corrected chi connectivity index (χ1v) is 9.35. The van der Waals surface area contributed by atoms with Gasteiger partial charge in [-0.3, -0.25) is 14.6 Å². The molecule has 4 rings (SSSR count). The van der Waals surface area contributed by atoms with Gasteiger partial charge in [0.2, 0.25) is 0 Å². The van der Waals surface area contributed by atoms with Crippen molar-refractivity contribution in [1.82, 2.24) is 4.98 Å². The van der Waals surface area contributed by atoms with Crippen LogP contribution in [-0.2, 0) is 10.8 Å². The predicted molar refractivity (Wildman–Crippen MR) is 102 cm³/mol. The van der Waals surface area contributed by atoms with Crippen molar-refractivity contribution in [2.24, 2.45) is 0 Å². The van der Waals surface area contributed by atoms with Crippen molar-refractivity contribution in [3.8, 4) is 0 Å². The second kappa shape index (κ2) is 6.77. The van der Waals surface area contributed by atoms with E-state index in [0.29, 0.717) is 32.3 Å². The third kappa shape index (κ3) is 3.02. The lowest BCUT2D eigenvalue weighted by Gasteiger charge is -2.18. The number of nitrogens with zero attached hydrogens (tertiary/aromatic N) is 2. The molecule has 1 unspecified atom stereocenters. The number of carbonyl (C=O) groups is 2. The molecule has 3 aromatic rings.